The van der Waals surface area contributed by atoms with Crippen LogP contribution in [0.15, 0.2) is 18.2 Å². The van der Waals surface area contributed by atoms with Gasteiger partial charge in [-0.25, -0.2) is 4.39 Å². The van der Waals surface area contributed by atoms with Crippen LogP contribution in [0.1, 0.15) is 50.4 Å². The Bertz CT molecular complexity index is 897. The van der Waals surface area contributed by atoms with Crippen LogP contribution >= 0.6 is 11.3 Å². The summed E-state index contributed by atoms with van der Waals surface area (Å²) in [6, 6.07) is 3.78. The Kier molecular flexibility index (Phi) is 7.22. The molecule has 3 rings (SSSR count). The molecule has 1 aromatic heterocycles. The lowest BCUT2D eigenvalue weighted by Crippen LogP contribution is -2.27. The van der Waals surface area contributed by atoms with Crippen molar-refractivity contribution in [2.75, 3.05) is 32.7 Å². The molecule has 0 aliphatic heterocycles. The number of aryl methyl sites for hydroxylation is 1. The van der Waals surface area contributed by atoms with Gasteiger partial charge in [-0.2, -0.15) is 0 Å². The first-order chi connectivity index (χ1) is 14.0. The van der Waals surface area contributed by atoms with E-state index in [0.717, 1.165) is 42.2 Å². The first kappa shape index (κ1) is 21.3. The number of carbonyl (C=O) groups excluding carboxylic acids is 2. The largest absolute Gasteiger partial charge is 0.496 e. The van der Waals surface area contributed by atoms with Crippen molar-refractivity contribution in [3.05, 3.63) is 45.6 Å². The number of methoxy groups -OCH3 is 2. The molecule has 6 nitrogen and oxygen atoms in total. The minimum Gasteiger partial charge on any atom is -0.496 e. The van der Waals surface area contributed by atoms with E-state index in [0.29, 0.717) is 30.1 Å². The summed E-state index contributed by atoms with van der Waals surface area (Å²) in [5.74, 6) is -0.969. The van der Waals surface area contributed by atoms with E-state index in [1.807, 2.05) is 0 Å². The summed E-state index contributed by atoms with van der Waals surface area (Å²) in [4.78, 5) is 26.8. The number of hydrogen-bond acceptors (Lipinski definition) is 5. The maximum atomic E-state index is 13.7. The predicted molar refractivity (Wildman–Crippen MR) is 111 cm³/mol. The zero-order chi connectivity index (χ0) is 20.8. The number of rotatable bonds is 8. The summed E-state index contributed by atoms with van der Waals surface area (Å²) >= 11 is 1.42. The van der Waals surface area contributed by atoms with Gasteiger partial charge in [0.05, 0.1) is 18.2 Å². The molecule has 0 bridgehead atoms. The smallest absolute Gasteiger partial charge is 0.260 e. The number of carbonyl (C=O) groups is 2. The summed E-state index contributed by atoms with van der Waals surface area (Å²) in [5, 5.41) is 6.22. The lowest BCUT2D eigenvalue weighted by Gasteiger charge is -2.13. The van der Waals surface area contributed by atoms with Gasteiger partial charge in [0.2, 0.25) is 0 Å². The van der Waals surface area contributed by atoms with Crippen molar-refractivity contribution in [1.29, 1.82) is 0 Å². The van der Waals surface area contributed by atoms with E-state index in [9.17, 15) is 14.0 Å². The summed E-state index contributed by atoms with van der Waals surface area (Å²) in [6.07, 6.45) is 4.48. The van der Waals surface area contributed by atoms with E-state index >= 15 is 0 Å². The molecule has 2 aromatic rings. The van der Waals surface area contributed by atoms with Gasteiger partial charge < -0.3 is 20.1 Å². The van der Waals surface area contributed by atoms with Crippen LogP contribution in [-0.4, -0.2) is 39.2 Å². The number of amides is 2. The number of anilines is 1. The molecule has 0 saturated carbocycles. The average molecular weight is 421 g/mol. The molecule has 2 N–H and O–H groups in total. The monoisotopic (exact) mass is 420 g/mol. The minimum atomic E-state index is -0.530. The zero-order valence-electron chi connectivity index (χ0n) is 16.6. The molecular weight excluding hydrogens is 395 g/mol. The molecule has 8 heteroatoms. The molecule has 156 valence electrons. The van der Waals surface area contributed by atoms with Crippen LogP contribution < -0.4 is 15.4 Å². The van der Waals surface area contributed by atoms with Gasteiger partial charge in [0.15, 0.2) is 0 Å². The number of hydrogen-bond donors (Lipinski definition) is 2. The average Bonchev–Trinajstić information content (AvgIpc) is 3.08. The van der Waals surface area contributed by atoms with Crippen LogP contribution in [0.25, 0.3) is 0 Å². The van der Waals surface area contributed by atoms with E-state index in [1.54, 1.807) is 7.11 Å². The summed E-state index contributed by atoms with van der Waals surface area (Å²) in [6.45, 7) is 1.05. The molecule has 2 amide bonds. The molecule has 0 spiro atoms. The summed E-state index contributed by atoms with van der Waals surface area (Å²) in [5.41, 5.74) is 1.61. The van der Waals surface area contributed by atoms with Gasteiger partial charge in [-0.15, -0.1) is 11.3 Å². The number of thiophene rings is 1. The number of benzene rings is 1. The number of ether oxygens (including phenoxy) is 2. The maximum absolute atomic E-state index is 13.7. The van der Waals surface area contributed by atoms with Crippen molar-refractivity contribution < 1.29 is 23.5 Å². The molecule has 29 heavy (non-hydrogen) atoms. The van der Waals surface area contributed by atoms with E-state index in [2.05, 4.69) is 10.6 Å². The maximum Gasteiger partial charge on any atom is 0.260 e. The molecule has 0 unspecified atom stereocenters. The second kappa shape index (κ2) is 9.84. The lowest BCUT2D eigenvalue weighted by atomic mass is 9.95. The molecule has 1 aromatic carbocycles. The fourth-order valence-electron chi connectivity index (χ4n) is 3.43. The van der Waals surface area contributed by atoms with E-state index in [1.165, 1.54) is 30.6 Å². The van der Waals surface area contributed by atoms with Gasteiger partial charge in [-0.3, -0.25) is 9.59 Å². The van der Waals surface area contributed by atoms with Crippen molar-refractivity contribution >= 4 is 28.2 Å². The molecule has 0 fully saturated rings. The van der Waals surface area contributed by atoms with E-state index < -0.39 is 11.7 Å². The van der Waals surface area contributed by atoms with Crippen LogP contribution in [0.5, 0.6) is 5.75 Å². The minimum absolute atomic E-state index is 0.0883. The van der Waals surface area contributed by atoms with Gasteiger partial charge in [0.25, 0.3) is 11.8 Å². The second-order valence-corrected chi connectivity index (χ2v) is 7.92. The first-order valence-electron chi connectivity index (χ1n) is 9.61. The molecule has 1 aliphatic rings. The molecule has 1 heterocycles. The van der Waals surface area contributed by atoms with Gasteiger partial charge in [0.1, 0.15) is 16.6 Å². The SMILES string of the molecule is COCCCNC(=O)c1c(NC(=O)c2cc(F)ccc2OC)sc2c1CCCC2. The Morgan fingerprint density at radius 1 is 1.17 bits per heavy atom. The standard InChI is InChI=1S/C21H25FN2O4S/c1-27-11-5-10-23-20(26)18-14-6-3-4-7-17(14)29-21(18)24-19(25)15-12-13(22)8-9-16(15)28-2/h8-9,12H,3-7,10-11H2,1-2H3,(H,23,26)(H,24,25). The number of nitrogens with one attached hydrogen (secondary N) is 2. The predicted octanol–water partition coefficient (Wildman–Crippen LogP) is 3.79. The van der Waals surface area contributed by atoms with E-state index in [-0.39, 0.29) is 17.2 Å². The Morgan fingerprint density at radius 3 is 2.72 bits per heavy atom. The van der Waals surface area contributed by atoms with Gasteiger partial charge >= 0.3 is 0 Å². The van der Waals surface area contributed by atoms with Crippen LogP contribution in [0, 0.1) is 5.82 Å². The summed E-state index contributed by atoms with van der Waals surface area (Å²) in [7, 11) is 3.04. The number of fused-ring (bicyclic) bond motifs is 1. The number of halogens is 1. The van der Waals surface area contributed by atoms with Gasteiger partial charge in [-0.05, 0) is 55.9 Å². The van der Waals surface area contributed by atoms with Crippen LogP contribution in [0.4, 0.5) is 9.39 Å². The van der Waals surface area contributed by atoms with Crippen LogP contribution in [0.3, 0.4) is 0 Å². The third-order valence-corrected chi connectivity index (χ3v) is 6.05. The fourth-order valence-corrected chi connectivity index (χ4v) is 4.71. The Morgan fingerprint density at radius 2 is 1.97 bits per heavy atom. The quantitative estimate of drug-likeness (QED) is 0.637. The van der Waals surface area contributed by atoms with Crippen molar-refractivity contribution in [3.8, 4) is 5.75 Å². The zero-order valence-corrected chi connectivity index (χ0v) is 17.4. The van der Waals surface area contributed by atoms with Crippen molar-refractivity contribution in [3.63, 3.8) is 0 Å². The van der Waals surface area contributed by atoms with Crippen LogP contribution in [0.2, 0.25) is 0 Å². The van der Waals surface area contributed by atoms with Gasteiger partial charge in [-0.1, -0.05) is 0 Å². The first-order valence-corrected chi connectivity index (χ1v) is 10.4. The third-order valence-electron chi connectivity index (χ3n) is 4.84. The van der Waals surface area contributed by atoms with Crippen LogP contribution in [-0.2, 0) is 17.6 Å². The van der Waals surface area contributed by atoms with E-state index in [4.69, 9.17) is 9.47 Å². The molecular formula is C21H25FN2O4S. The third kappa shape index (κ3) is 4.94. The molecule has 0 radical (unpaired) electrons. The molecule has 0 saturated heterocycles. The summed E-state index contributed by atoms with van der Waals surface area (Å²) < 4.78 is 23.9. The molecule has 0 atom stereocenters. The normalized spacial score (nSPS) is 12.9. The second-order valence-electron chi connectivity index (χ2n) is 6.82. The Labute approximate surface area is 173 Å². The van der Waals surface area contributed by atoms with Crippen molar-refractivity contribution in [2.45, 2.75) is 32.1 Å². The topological polar surface area (TPSA) is 76.7 Å². The van der Waals surface area contributed by atoms with Crippen molar-refractivity contribution in [2.24, 2.45) is 0 Å². The Balaban J connectivity index is 1.87. The lowest BCUT2D eigenvalue weighted by molar-refractivity contribution is 0.0948. The molecule has 1 aliphatic carbocycles. The highest BCUT2D eigenvalue weighted by Gasteiger charge is 2.27. The Hall–Kier alpha value is -2.45. The van der Waals surface area contributed by atoms with Crippen molar-refractivity contribution in [1.82, 2.24) is 5.32 Å². The fraction of sp³-hybridized carbons (Fsp3) is 0.429. The highest BCUT2D eigenvalue weighted by Crippen LogP contribution is 2.38. The van der Waals surface area contributed by atoms with Gasteiger partial charge in [0, 0.05) is 25.1 Å². The highest BCUT2D eigenvalue weighted by atomic mass is 32.1. The highest BCUT2D eigenvalue weighted by molar-refractivity contribution is 7.17.